The van der Waals surface area contributed by atoms with Gasteiger partial charge in [-0.3, -0.25) is 10.1 Å². The Morgan fingerprint density at radius 2 is 1.92 bits per heavy atom. The van der Waals surface area contributed by atoms with Gasteiger partial charge in [-0.25, -0.2) is 4.98 Å². The number of hydrogen-bond acceptors (Lipinski definition) is 3. The third kappa shape index (κ3) is 4.92. The van der Waals surface area contributed by atoms with E-state index in [1.165, 1.54) is 17.4 Å². The normalized spacial score (nSPS) is 11.0. The standard InChI is InChI=1S/C19H14Cl2N2OS/c20-16-8-4-7-14(18(16)21)11-15-12-22-19(25-15)23-17(24)10-9-13-5-2-1-3-6-13/h1-10,12H,11H2,(H,22,23,24)/b10-9+. The summed E-state index contributed by atoms with van der Waals surface area (Å²) in [7, 11) is 0. The van der Waals surface area contributed by atoms with Gasteiger partial charge in [0.25, 0.3) is 0 Å². The van der Waals surface area contributed by atoms with Crippen molar-refractivity contribution in [3.8, 4) is 0 Å². The molecule has 1 amide bonds. The van der Waals surface area contributed by atoms with E-state index in [1.54, 1.807) is 18.3 Å². The number of hydrogen-bond donors (Lipinski definition) is 1. The lowest BCUT2D eigenvalue weighted by Crippen LogP contribution is -2.06. The molecule has 0 aliphatic carbocycles. The number of thiazole rings is 1. The highest BCUT2D eigenvalue weighted by Crippen LogP contribution is 2.29. The molecule has 0 radical (unpaired) electrons. The zero-order chi connectivity index (χ0) is 17.6. The number of halogens is 2. The third-order valence-electron chi connectivity index (χ3n) is 3.41. The number of benzene rings is 2. The van der Waals surface area contributed by atoms with Gasteiger partial charge in [-0.05, 0) is 23.3 Å². The molecule has 0 saturated carbocycles. The molecule has 6 heteroatoms. The average molecular weight is 389 g/mol. The summed E-state index contributed by atoms with van der Waals surface area (Å²) in [5.41, 5.74) is 1.90. The second-order valence-corrected chi connectivity index (χ2v) is 7.16. The highest BCUT2D eigenvalue weighted by atomic mass is 35.5. The highest BCUT2D eigenvalue weighted by Gasteiger charge is 2.09. The number of anilines is 1. The van der Waals surface area contributed by atoms with E-state index in [0.29, 0.717) is 21.6 Å². The summed E-state index contributed by atoms with van der Waals surface area (Å²) in [4.78, 5) is 17.2. The quantitative estimate of drug-likeness (QED) is 0.570. The Kier molecular flexibility index (Phi) is 5.87. The molecule has 0 aliphatic heterocycles. The van der Waals surface area contributed by atoms with Crippen LogP contribution >= 0.6 is 34.5 Å². The molecule has 0 aliphatic rings. The van der Waals surface area contributed by atoms with Crippen molar-refractivity contribution in [1.29, 1.82) is 0 Å². The predicted molar refractivity (Wildman–Crippen MR) is 105 cm³/mol. The molecule has 1 heterocycles. The van der Waals surface area contributed by atoms with E-state index in [0.717, 1.165) is 16.0 Å². The van der Waals surface area contributed by atoms with Crippen LogP contribution in [0.25, 0.3) is 6.08 Å². The lowest BCUT2D eigenvalue weighted by atomic mass is 10.1. The molecule has 0 unspecified atom stereocenters. The number of nitrogens with one attached hydrogen (secondary N) is 1. The van der Waals surface area contributed by atoms with E-state index in [1.807, 2.05) is 42.5 Å². The summed E-state index contributed by atoms with van der Waals surface area (Å²) >= 11 is 13.7. The minimum absolute atomic E-state index is 0.217. The molecule has 3 aromatic rings. The van der Waals surface area contributed by atoms with Crippen molar-refractivity contribution in [2.24, 2.45) is 0 Å². The summed E-state index contributed by atoms with van der Waals surface area (Å²) in [6, 6.07) is 15.2. The first-order valence-electron chi connectivity index (χ1n) is 7.53. The maximum absolute atomic E-state index is 12.0. The number of aromatic nitrogens is 1. The van der Waals surface area contributed by atoms with Gasteiger partial charge >= 0.3 is 0 Å². The summed E-state index contributed by atoms with van der Waals surface area (Å²) in [6.07, 6.45) is 5.60. The summed E-state index contributed by atoms with van der Waals surface area (Å²) in [6.45, 7) is 0. The summed E-state index contributed by atoms with van der Waals surface area (Å²) < 4.78 is 0. The van der Waals surface area contributed by atoms with Crippen LogP contribution in [0.3, 0.4) is 0 Å². The molecule has 126 valence electrons. The van der Waals surface area contributed by atoms with Crippen molar-refractivity contribution in [3.05, 3.63) is 86.9 Å². The number of amides is 1. The van der Waals surface area contributed by atoms with Gasteiger partial charge in [0.05, 0.1) is 10.0 Å². The molecule has 0 fully saturated rings. The van der Waals surface area contributed by atoms with Gasteiger partial charge in [-0.1, -0.05) is 65.7 Å². The molecule has 1 N–H and O–H groups in total. The zero-order valence-electron chi connectivity index (χ0n) is 13.1. The lowest BCUT2D eigenvalue weighted by molar-refractivity contribution is -0.111. The second kappa shape index (κ2) is 8.30. The van der Waals surface area contributed by atoms with Crippen molar-refractivity contribution in [2.75, 3.05) is 5.32 Å². The first-order chi connectivity index (χ1) is 12.1. The molecule has 0 saturated heterocycles. The van der Waals surface area contributed by atoms with E-state index in [2.05, 4.69) is 10.3 Å². The largest absolute Gasteiger partial charge is 0.298 e. The molecule has 0 bridgehead atoms. The Bertz CT molecular complexity index is 907. The highest BCUT2D eigenvalue weighted by molar-refractivity contribution is 7.15. The van der Waals surface area contributed by atoms with E-state index < -0.39 is 0 Å². The summed E-state index contributed by atoms with van der Waals surface area (Å²) in [5, 5.41) is 4.40. The number of nitrogens with zero attached hydrogens (tertiary/aromatic N) is 1. The molecule has 0 atom stereocenters. The molecular weight excluding hydrogens is 375 g/mol. The minimum atomic E-state index is -0.217. The first-order valence-corrected chi connectivity index (χ1v) is 9.11. The Morgan fingerprint density at radius 3 is 2.72 bits per heavy atom. The molecular formula is C19H14Cl2N2OS. The van der Waals surface area contributed by atoms with E-state index >= 15 is 0 Å². The first kappa shape index (κ1) is 17.7. The van der Waals surface area contributed by atoms with Crippen molar-refractivity contribution in [1.82, 2.24) is 4.98 Å². The van der Waals surface area contributed by atoms with E-state index in [9.17, 15) is 4.79 Å². The second-order valence-electron chi connectivity index (χ2n) is 5.25. The van der Waals surface area contributed by atoms with Gasteiger partial charge in [0.15, 0.2) is 5.13 Å². The molecule has 2 aromatic carbocycles. The maximum Gasteiger partial charge on any atom is 0.250 e. The molecule has 3 rings (SSSR count). The van der Waals surface area contributed by atoms with Crippen molar-refractivity contribution in [3.63, 3.8) is 0 Å². The Morgan fingerprint density at radius 1 is 1.12 bits per heavy atom. The SMILES string of the molecule is O=C(/C=C/c1ccccc1)Nc1ncc(Cc2cccc(Cl)c2Cl)s1. The Hall–Kier alpha value is -2.14. The number of rotatable bonds is 5. The van der Waals surface area contributed by atoms with Crippen LogP contribution in [0.5, 0.6) is 0 Å². The van der Waals surface area contributed by atoms with Gasteiger partial charge in [0.2, 0.25) is 5.91 Å². The Balaban J connectivity index is 1.62. The Labute approximate surface area is 159 Å². The third-order valence-corrected chi connectivity index (χ3v) is 5.18. The van der Waals surface area contributed by atoms with Gasteiger partial charge in [0, 0.05) is 23.6 Å². The lowest BCUT2D eigenvalue weighted by Gasteiger charge is -2.03. The zero-order valence-corrected chi connectivity index (χ0v) is 15.4. The van der Waals surface area contributed by atoms with Crippen molar-refractivity contribution in [2.45, 2.75) is 6.42 Å². The van der Waals surface area contributed by atoms with Crippen LogP contribution in [0.4, 0.5) is 5.13 Å². The monoisotopic (exact) mass is 388 g/mol. The smallest absolute Gasteiger partial charge is 0.250 e. The fraction of sp³-hybridized carbons (Fsp3) is 0.0526. The topological polar surface area (TPSA) is 42.0 Å². The van der Waals surface area contributed by atoms with Crippen molar-refractivity contribution < 1.29 is 4.79 Å². The fourth-order valence-electron chi connectivity index (χ4n) is 2.20. The van der Waals surface area contributed by atoms with E-state index in [-0.39, 0.29) is 5.91 Å². The molecule has 1 aromatic heterocycles. The van der Waals surface area contributed by atoms with Crippen LogP contribution in [0.2, 0.25) is 10.0 Å². The van der Waals surface area contributed by atoms with Crippen LogP contribution in [0.1, 0.15) is 16.0 Å². The van der Waals surface area contributed by atoms with Crippen molar-refractivity contribution >= 4 is 51.7 Å². The fourth-order valence-corrected chi connectivity index (χ4v) is 3.43. The molecule has 3 nitrogen and oxygen atoms in total. The van der Waals surface area contributed by atoms with Gasteiger partial charge in [-0.2, -0.15) is 0 Å². The van der Waals surface area contributed by atoms with Gasteiger partial charge in [0.1, 0.15) is 0 Å². The molecule has 0 spiro atoms. The minimum Gasteiger partial charge on any atom is -0.298 e. The van der Waals surface area contributed by atoms with Crippen LogP contribution in [-0.4, -0.2) is 10.9 Å². The maximum atomic E-state index is 12.0. The van der Waals surface area contributed by atoms with E-state index in [4.69, 9.17) is 23.2 Å². The van der Waals surface area contributed by atoms with Crippen LogP contribution in [-0.2, 0) is 11.2 Å². The average Bonchev–Trinajstić information content (AvgIpc) is 3.05. The number of carbonyl (C=O) groups is 1. The molecule has 25 heavy (non-hydrogen) atoms. The number of carbonyl (C=O) groups excluding carboxylic acids is 1. The van der Waals surface area contributed by atoms with Gasteiger partial charge < -0.3 is 0 Å². The summed E-state index contributed by atoms with van der Waals surface area (Å²) in [5.74, 6) is -0.217. The van der Waals surface area contributed by atoms with Crippen LogP contribution in [0.15, 0.2) is 60.8 Å². The van der Waals surface area contributed by atoms with Crippen LogP contribution < -0.4 is 5.32 Å². The predicted octanol–water partition coefficient (Wildman–Crippen LogP) is 5.69. The van der Waals surface area contributed by atoms with Crippen LogP contribution in [0, 0.1) is 0 Å². The van der Waals surface area contributed by atoms with Gasteiger partial charge in [-0.15, -0.1) is 11.3 Å².